The summed E-state index contributed by atoms with van der Waals surface area (Å²) < 4.78 is 1.75. The molecule has 2 N–H and O–H groups in total. The molecule has 0 amide bonds. The van der Waals surface area contributed by atoms with Crippen LogP contribution in [-0.2, 0) is 20.0 Å². The van der Waals surface area contributed by atoms with Gasteiger partial charge in [-0.05, 0) is 26.1 Å². The standard InChI is InChI=1S/C17H27N7.HI/c1-18-17(20-12-16-21-13-22-24(16)4)19-11-15(23(2)3)10-14-8-6-5-7-9-14;/h5-9,13,15H,10-12H2,1-4H3,(H2,18,19,20);1H. The number of aromatic nitrogens is 3. The summed E-state index contributed by atoms with van der Waals surface area (Å²) in [5.74, 6) is 1.63. The second-order valence-corrected chi connectivity index (χ2v) is 5.91. The second kappa shape index (κ2) is 11.0. The number of aryl methyl sites for hydroxylation is 1. The van der Waals surface area contributed by atoms with Crippen molar-refractivity contribution in [1.29, 1.82) is 0 Å². The average Bonchev–Trinajstić information content (AvgIpc) is 2.99. The molecule has 25 heavy (non-hydrogen) atoms. The van der Waals surface area contributed by atoms with E-state index in [0.29, 0.717) is 12.6 Å². The summed E-state index contributed by atoms with van der Waals surface area (Å²) in [6.07, 6.45) is 2.54. The van der Waals surface area contributed by atoms with E-state index in [0.717, 1.165) is 24.7 Å². The Morgan fingerprint density at radius 1 is 1.24 bits per heavy atom. The molecule has 0 fully saturated rings. The highest BCUT2D eigenvalue weighted by molar-refractivity contribution is 14.0. The topological polar surface area (TPSA) is 70.4 Å². The molecule has 1 aromatic carbocycles. The number of aliphatic imine (C=N–C) groups is 1. The maximum Gasteiger partial charge on any atom is 0.191 e. The summed E-state index contributed by atoms with van der Waals surface area (Å²) >= 11 is 0. The van der Waals surface area contributed by atoms with Crippen molar-refractivity contribution >= 4 is 29.9 Å². The van der Waals surface area contributed by atoms with Crippen LogP contribution in [-0.4, -0.2) is 59.4 Å². The molecule has 1 atom stereocenters. The lowest BCUT2D eigenvalue weighted by Crippen LogP contribution is -2.45. The molecule has 1 unspecified atom stereocenters. The van der Waals surface area contributed by atoms with Crippen LogP contribution in [0.3, 0.4) is 0 Å². The van der Waals surface area contributed by atoms with Crippen LogP contribution in [0.15, 0.2) is 41.7 Å². The number of hydrogen-bond acceptors (Lipinski definition) is 4. The van der Waals surface area contributed by atoms with E-state index in [4.69, 9.17) is 0 Å². The van der Waals surface area contributed by atoms with Gasteiger partial charge in [0, 0.05) is 26.7 Å². The summed E-state index contributed by atoms with van der Waals surface area (Å²) in [5.41, 5.74) is 1.33. The quantitative estimate of drug-likeness (QED) is 0.373. The third-order valence-corrected chi connectivity index (χ3v) is 3.99. The third-order valence-electron chi connectivity index (χ3n) is 3.99. The van der Waals surface area contributed by atoms with Crippen molar-refractivity contribution in [3.8, 4) is 0 Å². The van der Waals surface area contributed by atoms with Crippen LogP contribution >= 0.6 is 24.0 Å². The van der Waals surface area contributed by atoms with Gasteiger partial charge in [0.1, 0.15) is 12.2 Å². The molecular formula is C17H28IN7. The number of halogens is 1. The Hall–Kier alpha value is -1.68. The lowest BCUT2D eigenvalue weighted by atomic mass is 10.1. The smallest absolute Gasteiger partial charge is 0.191 e. The van der Waals surface area contributed by atoms with E-state index in [9.17, 15) is 0 Å². The number of likely N-dealkylation sites (N-methyl/N-ethyl adjacent to an activating group) is 1. The van der Waals surface area contributed by atoms with Crippen molar-refractivity contribution in [3.63, 3.8) is 0 Å². The molecule has 0 spiro atoms. The zero-order valence-corrected chi connectivity index (χ0v) is 17.6. The zero-order chi connectivity index (χ0) is 17.4. The molecule has 138 valence electrons. The molecule has 0 radical (unpaired) electrons. The van der Waals surface area contributed by atoms with Crippen LogP contribution in [0.25, 0.3) is 0 Å². The summed E-state index contributed by atoms with van der Waals surface area (Å²) in [4.78, 5) is 10.7. The van der Waals surface area contributed by atoms with Crippen LogP contribution < -0.4 is 10.6 Å². The van der Waals surface area contributed by atoms with Gasteiger partial charge in [-0.3, -0.25) is 9.67 Å². The summed E-state index contributed by atoms with van der Waals surface area (Å²) in [6.45, 7) is 1.39. The Balaban J connectivity index is 0.00000312. The fraction of sp³-hybridized carbons (Fsp3) is 0.471. The summed E-state index contributed by atoms with van der Waals surface area (Å²) in [6, 6.07) is 10.9. The van der Waals surface area contributed by atoms with Gasteiger partial charge < -0.3 is 15.5 Å². The Kier molecular flexibility index (Phi) is 9.43. The molecule has 0 aliphatic rings. The Labute approximate surface area is 166 Å². The highest BCUT2D eigenvalue weighted by atomic mass is 127. The van der Waals surface area contributed by atoms with Crippen molar-refractivity contribution in [2.24, 2.45) is 12.0 Å². The minimum absolute atomic E-state index is 0. The number of nitrogens with zero attached hydrogens (tertiary/aromatic N) is 5. The molecule has 0 aliphatic heterocycles. The van der Waals surface area contributed by atoms with Crippen molar-refractivity contribution in [2.45, 2.75) is 19.0 Å². The Morgan fingerprint density at radius 2 is 1.96 bits per heavy atom. The fourth-order valence-electron chi connectivity index (χ4n) is 2.40. The largest absolute Gasteiger partial charge is 0.355 e. The van der Waals surface area contributed by atoms with E-state index >= 15 is 0 Å². The van der Waals surface area contributed by atoms with Crippen molar-refractivity contribution < 1.29 is 0 Å². The van der Waals surface area contributed by atoms with Gasteiger partial charge in [0.05, 0.1) is 6.54 Å². The first kappa shape index (κ1) is 21.4. The monoisotopic (exact) mass is 457 g/mol. The van der Waals surface area contributed by atoms with E-state index in [-0.39, 0.29) is 24.0 Å². The average molecular weight is 457 g/mol. The fourth-order valence-corrected chi connectivity index (χ4v) is 2.40. The minimum atomic E-state index is 0. The molecule has 2 aromatic rings. The number of nitrogens with one attached hydrogen (secondary N) is 2. The SMILES string of the molecule is CN=C(NCc1ncnn1C)NCC(Cc1ccccc1)N(C)C.I. The molecule has 0 saturated heterocycles. The number of rotatable bonds is 7. The lowest BCUT2D eigenvalue weighted by molar-refractivity contribution is 0.290. The van der Waals surface area contributed by atoms with E-state index in [2.05, 4.69) is 69.0 Å². The minimum Gasteiger partial charge on any atom is -0.355 e. The molecule has 1 heterocycles. The number of guanidine groups is 1. The van der Waals surface area contributed by atoms with E-state index < -0.39 is 0 Å². The summed E-state index contributed by atoms with van der Waals surface area (Å²) in [5, 5.41) is 10.7. The highest BCUT2D eigenvalue weighted by Crippen LogP contribution is 2.06. The van der Waals surface area contributed by atoms with Gasteiger partial charge in [-0.2, -0.15) is 5.10 Å². The lowest BCUT2D eigenvalue weighted by Gasteiger charge is -2.25. The zero-order valence-electron chi connectivity index (χ0n) is 15.3. The first-order valence-electron chi connectivity index (χ1n) is 8.08. The second-order valence-electron chi connectivity index (χ2n) is 5.91. The van der Waals surface area contributed by atoms with Crippen LogP contribution in [0.1, 0.15) is 11.4 Å². The Bertz CT molecular complexity index is 639. The van der Waals surface area contributed by atoms with Crippen LogP contribution in [0.5, 0.6) is 0 Å². The first-order chi connectivity index (χ1) is 11.6. The highest BCUT2D eigenvalue weighted by Gasteiger charge is 2.13. The normalized spacial score (nSPS) is 12.6. The molecule has 2 rings (SSSR count). The molecule has 0 bridgehead atoms. The molecule has 8 heteroatoms. The van der Waals surface area contributed by atoms with Gasteiger partial charge in [0.15, 0.2) is 5.96 Å². The maximum absolute atomic E-state index is 4.27. The summed E-state index contributed by atoms with van der Waals surface area (Å²) in [7, 11) is 7.85. The van der Waals surface area contributed by atoms with Gasteiger partial charge in [-0.1, -0.05) is 30.3 Å². The van der Waals surface area contributed by atoms with E-state index in [1.807, 2.05) is 13.1 Å². The first-order valence-corrected chi connectivity index (χ1v) is 8.08. The van der Waals surface area contributed by atoms with Gasteiger partial charge in [-0.15, -0.1) is 24.0 Å². The predicted octanol–water partition coefficient (Wildman–Crippen LogP) is 1.27. The molecule has 1 aromatic heterocycles. The van der Waals surface area contributed by atoms with E-state index in [1.165, 1.54) is 5.56 Å². The van der Waals surface area contributed by atoms with Crippen molar-refractivity contribution in [1.82, 2.24) is 30.3 Å². The third kappa shape index (κ3) is 6.99. The van der Waals surface area contributed by atoms with Crippen LogP contribution in [0.4, 0.5) is 0 Å². The van der Waals surface area contributed by atoms with Crippen molar-refractivity contribution in [2.75, 3.05) is 27.7 Å². The number of hydrogen-bond donors (Lipinski definition) is 2. The predicted molar refractivity (Wildman–Crippen MR) is 112 cm³/mol. The van der Waals surface area contributed by atoms with Crippen LogP contribution in [0.2, 0.25) is 0 Å². The van der Waals surface area contributed by atoms with Gasteiger partial charge in [-0.25, -0.2) is 4.98 Å². The molecule has 7 nitrogen and oxygen atoms in total. The van der Waals surface area contributed by atoms with E-state index in [1.54, 1.807) is 18.1 Å². The van der Waals surface area contributed by atoms with Gasteiger partial charge >= 0.3 is 0 Å². The van der Waals surface area contributed by atoms with Gasteiger partial charge in [0.25, 0.3) is 0 Å². The number of benzene rings is 1. The molecular weight excluding hydrogens is 429 g/mol. The maximum atomic E-state index is 4.27. The van der Waals surface area contributed by atoms with Gasteiger partial charge in [0.2, 0.25) is 0 Å². The Morgan fingerprint density at radius 3 is 2.52 bits per heavy atom. The van der Waals surface area contributed by atoms with Crippen LogP contribution in [0, 0.1) is 0 Å². The molecule has 0 aliphatic carbocycles. The molecule has 0 saturated carbocycles. The van der Waals surface area contributed by atoms with Crippen molar-refractivity contribution in [3.05, 3.63) is 48.0 Å².